The van der Waals surface area contributed by atoms with Gasteiger partial charge in [-0.2, -0.15) is 0 Å². The van der Waals surface area contributed by atoms with E-state index in [0.717, 1.165) is 29.9 Å². The van der Waals surface area contributed by atoms with Crippen molar-refractivity contribution in [2.75, 3.05) is 23.3 Å². The molecule has 1 aromatic carbocycles. The number of rotatable bonds is 4. The van der Waals surface area contributed by atoms with Gasteiger partial charge in [-0.3, -0.25) is 0 Å². The molecule has 0 saturated carbocycles. The summed E-state index contributed by atoms with van der Waals surface area (Å²) >= 11 is 0. The molecule has 4 nitrogen and oxygen atoms in total. The first-order valence-corrected chi connectivity index (χ1v) is 5.54. The van der Waals surface area contributed by atoms with Crippen molar-refractivity contribution in [1.82, 2.24) is 4.98 Å². The van der Waals surface area contributed by atoms with Crippen molar-refractivity contribution in [1.29, 1.82) is 0 Å². The summed E-state index contributed by atoms with van der Waals surface area (Å²) in [5.41, 5.74) is 14.3. The minimum Gasteiger partial charge on any atom is -0.399 e. The number of nitrogens with one attached hydrogen (secondary N) is 1. The van der Waals surface area contributed by atoms with Crippen LogP contribution in [0, 0.1) is 0 Å². The monoisotopic (exact) mass is 228 g/mol. The van der Waals surface area contributed by atoms with Gasteiger partial charge in [0.1, 0.15) is 5.82 Å². The predicted octanol–water partition coefficient (Wildman–Crippen LogP) is 1.90. The van der Waals surface area contributed by atoms with Crippen molar-refractivity contribution in [2.45, 2.75) is 6.42 Å². The summed E-state index contributed by atoms with van der Waals surface area (Å²) in [6, 6.07) is 11.6. The lowest BCUT2D eigenvalue weighted by molar-refractivity contribution is 1.01. The zero-order valence-corrected chi connectivity index (χ0v) is 9.56. The van der Waals surface area contributed by atoms with Crippen LogP contribution in [0.4, 0.5) is 17.2 Å². The van der Waals surface area contributed by atoms with Crippen LogP contribution in [-0.4, -0.2) is 11.5 Å². The van der Waals surface area contributed by atoms with Crippen molar-refractivity contribution in [3.05, 3.63) is 48.2 Å². The average molecular weight is 228 g/mol. The van der Waals surface area contributed by atoms with Gasteiger partial charge in [-0.1, -0.05) is 6.07 Å². The summed E-state index contributed by atoms with van der Waals surface area (Å²) in [7, 11) is 0. The Bertz CT molecular complexity index is 479. The summed E-state index contributed by atoms with van der Waals surface area (Å²) in [6.45, 7) is 0.819. The van der Waals surface area contributed by atoms with Crippen LogP contribution < -0.4 is 16.8 Å². The molecular weight excluding hydrogens is 212 g/mol. The molecule has 0 amide bonds. The second-order valence-electron chi connectivity index (χ2n) is 3.85. The van der Waals surface area contributed by atoms with Gasteiger partial charge in [0.2, 0.25) is 0 Å². The summed E-state index contributed by atoms with van der Waals surface area (Å²) in [5.74, 6) is 0.603. The van der Waals surface area contributed by atoms with E-state index in [4.69, 9.17) is 11.5 Å². The van der Waals surface area contributed by atoms with E-state index in [1.54, 1.807) is 6.20 Å². The van der Waals surface area contributed by atoms with E-state index < -0.39 is 0 Å². The molecule has 1 aromatic heterocycles. The molecule has 4 heteroatoms. The average Bonchev–Trinajstić information content (AvgIpc) is 2.34. The zero-order chi connectivity index (χ0) is 12.1. The van der Waals surface area contributed by atoms with E-state index in [0.29, 0.717) is 5.82 Å². The first kappa shape index (κ1) is 11.3. The molecule has 2 rings (SSSR count). The van der Waals surface area contributed by atoms with E-state index >= 15 is 0 Å². The minimum atomic E-state index is 0.603. The van der Waals surface area contributed by atoms with Crippen LogP contribution in [0.5, 0.6) is 0 Å². The zero-order valence-electron chi connectivity index (χ0n) is 9.56. The van der Waals surface area contributed by atoms with E-state index in [1.807, 2.05) is 36.4 Å². The Morgan fingerprint density at radius 3 is 2.53 bits per heavy atom. The largest absolute Gasteiger partial charge is 0.399 e. The SMILES string of the molecule is Nc1ccc(NCCc2cccnc2N)cc1. The molecule has 0 fully saturated rings. The number of benzene rings is 1. The van der Waals surface area contributed by atoms with E-state index in [1.165, 1.54) is 0 Å². The molecule has 0 unspecified atom stereocenters. The number of nitrogen functional groups attached to an aromatic ring is 2. The van der Waals surface area contributed by atoms with Gasteiger partial charge >= 0.3 is 0 Å². The highest BCUT2D eigenvalue weighted by Gasteiger charge is 1.98. The van der Waals surface area contributed by atoms with Gasteiger partial charge in [0.25, 0.3) is 0 Å². The molecule has 0 aliphatic carbocycles. The van der Waals surface area contributed by atoms with Crippen LogP contribution in [-0.2, 0) is 6.42 Å². The van der Waals surface area contributed by atoms with Gasteiger partial charge in [-0.25, -0.2) is 4.98 Å². The van der Waals surface area contributed by atoms with E-state index in [9.17, 15) is 0 Å². The molecule has 17 heavy (non-hydrogen) atoms. The highest BCUT2D eigenvalue weighted by atomic mass is 14.9. The Balaban J connectivity index is 1.88. The lowest BCUT2D eigenvalue weighted by Crippen LogP contribution is -2.07. The Kier molecular flexibility index (Phi) is 3.45. The third-order valence-corrected chi connectivity index (χ3v) is 2.56. The molecule has 0 spiro atoms. The Morgan fingerprint density at radius 2 is 1.82 bits per heavy atom. The number of anilines is 3. The number of nitrogens with two attached hydrogens (primary N) is 2. The van der Waals surface area contributed by atoms with Crippen LogP contribution in [0.25, 0.3) is 0 Å². The topological polar surface area (TPSA) is 77.0 Å². The first-order chi connectivity index (χ1) is 8.25. The molecule has 1 heterocycles. The Morgan fingerprint density at radius 1 is 1.06 bits per heavy atom. The number of hydrogen-bond acceptors (Lipinski definition) is 4. The Labute approximate surface area is 101 Å². The summed E-state index contributed by atoms with van der Waals surface area (Å²) in [5, 5.41) is 3.31. The lowest BCUT2D eigenvalue weighted by atomic mass is 10.2. The molecule has 2 aromatic rings. The smallest absolute Gasteiger partial charge is 0.126 e. The van der Waals surface area contributed by atoms with Gasteiger partial charge in [-0.05, 0) is 42.3 Å². The highest BCUT2D eigenvalue weighted by Crippen LogP contribution is 2.12. The maximum absolute atomic E-state index is 5.76. The van der Waals surface area contributed by atoms with Gasteiger partial charge in [0.05, 0.1) is 0 Å². The van der Waals surface area contributed by atoms with Gasteiger partial charge in [-0.15, -0.1) is 0 Å². The van der Waals surface area contributed by atoms with Crippen molar-refractivity contribution in [3.63, 3.8) is 0 Å². The lowest BCUT2D eigenvalue weighted by Gasteiger charge is -2.07. The van der Waals surface area contributed by atoms with E-state index in [-0.39, 0.29) is 0 Å². The molecule has 0 atom stereocenters. The highest BCUT2D eigenvalue weighted by molar-refractivity contribution is 5.51. The molecule has 0 aliphatic rings. The summed E-state index contributed by atoms with van der Waals surface area (Å²) in [6.07, 6.45) is 2.55. The third kappa shape index (κ3) is 3.11. The fourth-order valence-electron chi connectivity index (χ4n) is 1.60. The second-order valence-corrected chi connectivity index (χ2v) is 3.85. The second kappa shape index (κ2) is 5.21. The van der Waals surface area contributed by atoms with Crippen LogP contribution in [0.1, 0.15) is 5.56 Å². The normalized spacial score (nSPS) is 10.1. The maximum atomic E-state index is 5.76. The fraction of sp³-hybridized carbons (Fsp3) is 0.154. The predicted molar refractivity (Wildman–Crippen MR) is 71.7 cm³/mol. The minimum absolute atomic E-state index is 0.603. The molecule has 0 saturated heterocycles. The number of hydrogen-bond donors (Lipinski definition) is 3. The van der Waals surface area contributed by atoms with E-state index in [2.05, 4.69) is 10.3 Å². The fourth-order valence-corrected chi connectivity index (χ4v) is 1.60. The first-order valence-electron chi connectivity index (χ1n) is 5.54. The van der Waals surface area contributed by atoms with Crippen molar-refractivity contribution < 1.29 is 0 Å². The molecule has 5 N–H and O–H groups in total. The maximum Gasteiger partial charge on any atom is 0.126 e. The molecule has 0 radical (unpaired) electrons. The van der Waals surface area contributed by atoms with Gasteiger partial charge < -0.3 is 16.8 Å². The summed E-state index contributed by atoms with van der Waals surface area (Å²) in [4.78, 5) is 4.05. The molecule has 0 bridgehead atoms. The van der Waals surface area contributed by atoms with Crippen molar-refractivity contribution >= 4 is 17.2 Å². The van der Waals surface area contributed by atoms with Crippen molar-refractivity contribution in [3.8, 4) is 0 Å². The van der Waals surface area contributed by atoms with Crippen LogP contribution >= 0.6 is 0 Å². The molecule has 88 valence electrons. The standard InChI is InChI=1S/C13H16N4/c14-11-3-5-12(6-4-11)16-9-7-10-2-1-8-17-13(10)15/h1-6,8,16H,7,9,14H2,(H2,15,17). The summed E-state index contributed by atoms with van der Waals surface area (Å²) < 4.78 is 0. The third-order valence-electron chi connectivity index (χ3n) is 2.56. The number of nitrogens with zero attached hydrogens (tertiary/aromatic N) is 1. The molecular formula is C13H16N4. The van der Waals surface area contributed by atoms with Crippen LogP contribution in [0.15, 0.2) is 42.6 Å². The number of pyridine rings is 1. The molecule has 0 aliphatic heterocycles. The van der Waals surface area contributed by atoms with Gasteiger partial charge in [0, 0.05) is 24.1 Å². The number of aromatic nitrogens is 1. The van der Waals surface area contributed by atoms with Crippen molar-refractivity contribution in [2.24, 2.45) is 0 Å². The quantitative estimate of drug-likeness (QED) is 0.698. The Hall–Kier alpha value is -2.23. The van der Waals surface area contributed by atoms with Gasteiger partial charge in [0.15, 0.2) is 0 Å². The van der Waals surface area contributed by atoms with Crippen LogP contribution in [0.3, 0.4) is 0 Å². The van der Waals surface area contributed by atoms with Crippen LogP contribution in [0.2, 0.25) is 0 Å².